The number of benzene rings is 2. The molecule has 1 aromatic heterocycles. The van der Waals surface area contributed by atoms with Crippen LogP contribution < -0.4 is 10.5 Å². The Bertz CT molecular complexity index is 1040. The second-order valence-corrected chi connectivity index (χ2v) is 7.78. The van der Waals surface area contributed by atoms with Crippen molar-refractivity contribution in [2.24, 2.45) is 5.14 Å². The van der Waals surface area contributed by atoms with E-state index in [1.165, 1.54) is 18.3 Å². The molecule has 3 rings (SSSR count). The second-order valence-electron chi connectivity index (χ2n) is 6.22. The molecule has 140 valence electrons. The fourth-order valence-corrected chi connectivity index (χ4v) is 3.18. The Morgan fingerprint density at radius 2 is 1.78 bits per heavy atom. The minimum Gasteiger partial charge on any atom is -0.352 e. The van der Waals surface area contributed by atoms with Gasteiger partial charge in [0.15, 0.2) is 0 Å². The Morgan fingerprint density at radius 3 is 2.41 bits per heavy atom. The van der Waals surface area contributed by atoms with Crippen molar-refractivity contribution in [2.45, 2.75) is 18.2 Å². The van der Waals surface area contributed by atoms with Gasteiger partial charge in [-0.1, -0.05) is 42.0 Å². The van der Waals surface area contributed by atoms with Crippen LogP contribution >= 0.6 is 0 Å². The van der Waals surface area contributed by atoms with Crippen LogP contribution in [0, 0.1) is 6.92 Å². The molecule has 0 atom stereocenters. The minimum atomic E-state index is -3.70. The summed E-state index contributed by atoms with van der Waals surface area (Å²) in [5, 5.41) is 14.8. The number of carbonyl (C=O) groups is 1. The monoisotopic (exact) mass is 384 g/mol. The zero-order valence-corrected chi connectivity index (χ0v) is 15.6. The number of aromatic amines is 1. The summed E-state index contributed by atoms with van der Waals surface area (Å²) in [5.41, 5.74) is 4.07. The van der Waals surface area contributed by atoms with E-state index >= 15 is 0 Å². The topological polar surface area (TPSA) is 118 Å². The van der Waals surface area contributed by atoms with Gasteiger partial charge in [-0.15, -0.1) is 0 Å². The average molecular weight is 384 g/mol. The lowest BCUT2D eigenvalue weighted by atomic mass is 10.1. The SMILES string of the molecule is Cc1ccc(-c2[nH]ncc2C(=O)NCCc2ccc(S(N)(=O)=O)cc2)cc1. The lowest BCUT2D eigenvalue weighted by Gasteiger charge is -2.07. The molecule has 0 unspecified atom stereocenters. The number of primary sulfonamides is 1. The minimum absolute atomic E-state index is 0.0661. The fraction of sp³-hybridized carbons (Fsp3) is 0.158. The molecular formula is C19H20N4O3S. The zero-order valence-electron chi connectivity index (χ0n) is 14.8. The smallest absolute Gasteiger partial charge is 0.255 e. The van der Waals surface area contributed by atoms with Crippen LogP contribution in [0.1, 0.15) is 21.5 Å². The first kappa shape index (κ1) is 18.8. The first-order chi connectivity index (χ1) is 12.8. The molecule has 0 spiro atoms. The van der Waals surface area contributed by atoms with Gasteiger partial charge in [0.25, 0.3) is 5.91 Å². The molecule has 0 radical (unpaired) electrons. The van der Waals surface area contributed by atoms with Crippen LogP contribution in [-0.2, 0) is 16.4 Å². The highest BCUT2D eigenvalue weighted by atomic mass is 32.2. The molecule has 3 aromatic rings. The molecule has 4 N–H and O–H groups in total. The molecule has 0 aliphatic rings. The summed E-state index contributed by atoms with van der Waals surface area (Å²) in [4.78, 5) is 12.5. The van der Waals surface area contributed by atoms with Crippen LogP contribution in [0.2, 0.25) is 0 Å². The van der Waals surface area contributed by atoms with Crippen molar-refractivity contribution in [1.29, 1.82) is 0 Å². The summed E-state index contributed by atoms with van der Waals surface area (Å²) in [6.45, 7) is 2.41. The molecular weight excluding hydrogens is 364 g/mol. The van der Waals surface area contributed by atoms with Crippen molar-refractivity contribution >= 4 is 15.9 Å². The third kappa shape index (κ3) is 4.60. The largest absolute Gasteiger partial charge is 0.352 e. The van der Waals surface area contributed by atoms with Crippen LogP contribution in [0.15, 0.2) is 59.6 Å². The van der Waals surface area contributed by atoms with Crippen LogP contribution in [0.4, 0.5) is 0 Å². The maximum absolute atomic E-state index is 12.5. The average Bonchev–Trinajstić information content (AvgIpc) is 3.12. The fourth-order valence-electron chi connectivity index (χ4n) is 2.66. The van der Waals surface area contributed by atoms with Crippen molar-refractivity contribution in [1.82, 2.24) is 15.5 Å². The standard InChI is InChI=1S/C19H20N4O3S/c1-13-2-6-15(7-3-13)18-17(12-22-23-18)19(24)21-11-10-14-4-8-16(9-5-14)27(20,25)26/h2-9,12H,10-11H2,1H3,(H,21,24)(H,22,23)(H2,20,25,26). The highest BCUT2D eigenvalue weighted by Crippen LogP contribution is 2.21. The summed E-state index contributed by atoms with van der Waals surface area (Å²) in [6.07, 6.45) is 2.07. The number of amides is 1. The van der Waals surface area contributed by atoms with E-state index in [0.717, 1.165) is 16.7 Å². The van der Waals surface area contributed by atoms with Crippen molar-refractivity contribution < 1.29 is 13.2 Å². The predicted octanol–water partition coefficient (Wildman–Crippen LogP) is 2.01. The molecule has 27 heavy (non-hydrogen) atoms. The number of aryl methyl sites for hydroxylation is 1. The summed E-state index contributed by atoms with van der Waals surface area (Å²) in [5.74, 6) is -0.222. The van der Waals surface area contributed by atoms with Crippen LogP contribution in [-0.4, -0.2) is 31.1 Å². The van der Waals surface area contributed by atoms with Crippen LogP contribution in [0.25, 0.3) is 11.3 Å². The van der Waals surface area contributed by atoms with E-state index in [0.29, 0.717) is 24.2 Å². The Balaban J connectivity index is 1.62. The van der Waals surface area contributed by atoms with Crippen molar-refractivity contribution in [3.05, 3.63) is 71.4 Å². The molecule has 7 nitrogen and oxygen atoms in total. The number of carbonyl (C=O) groups excluding carboxylic acids is 1. The van der Waals surface area contributed by atoms with Gasteiger partial charge in [0, 0.05) is 12.1 Å². The molecule has 0 fully saturated rings. The first-order valence-corrected chi connectivity index (χ1v) is 9.89. The molecule has 8 heteroatoms. The number of H-pyrrole nitrogens is 1. The molecule has 1 amide bonds. The van der Waals surface area contributed by atoms with E-state index in [9.17, 15) is 13.2 Å². The van der Waals surface area contributed by atoms with E-state index in [2.05, 4.69) is 15.5 Å². The van der Waals surface area contributed by atoms with Gasteiger partial charge in [-0.05, 0) is 31.0 Å². The summed E-state index contributed by atoms with van der Waals surface area (Å²) in [6, 6.07) is 14.1. The van der Waals surface area contributed by atoms with Gasteiger partial charge in [-0.2, -0.15) is 5.10 Å². The maximum Gasteiger partial charge on any atom is 0.255 e. The Kier molecular flexibility index (Phi) is 5.38. The van der Waals surface area contributed by atoms with Crippen molar-refractivity contribution in [2.75, 3.05) is 6.54 Å². The van der Waals surface area contributed by atoms with Gasteiger partial charge in [-0.3, -0.25) is 9.89 Å². The third-order valence-corrected chi connectivity index (χ3v) is 5.10. The van der Waals surface area contributed by atoms with Crippen LogP contribution in [0.5, 0.6) is 0 Å². The van der Waals surface area contributed by atoms with Crippen LogP contribution in [0.3, 0.4) is 0 Å². The molecule has 2 aromatic carbocycles. The van der Waals surface area contributed by atoms with Crippen molar-refractivity contribution in [3.8, 4) is 11.3 Å². The normalized spacial score (nSPS) is 11.3. The number of nitrogens with zero attached hydrogens (tertiary/aromatic N) is 1. The highest BCUT2D eigenvalue weighted by molar-refractivity contribution is 7.89. The summed E-state index contributed by atoms with van der Waals surface area (Å²) >= 11 is 0. The zero-order chi connectivity index (χ0) is 19.4. The molecule has 0 saturated carbocycles. The number of aromatic nitrogens is 2. The molecule has 0 aliphatic carbocycles. The van der Waals surface area contributed by atoms with Gasteiger partial charge in [0.2, 0.25) is 10.0 Å². The van der Waals surface area contributed by atoms with Gasteiger partial charge in [-0.25, -0.2) is 13.6 Å². The lowest BCUT2D eigenvalue weighted by Crippen LogP contribution is -2.25. The second kappa shape index (κ2) is 7.73. The Hall–Kier alpha value is -2.97. The number of sulfonamides is 1. The Labute approximate surface area is 157 Å². The van der Waals surface area contributed by atoms with E-state index < -0.39 is 10.0 Å². The summed E-state index contributed by atoms with van der Waals surface area (Å²) in [7, 11) is -3.70. The number of nitrogens with one attached hydrogen (secondary N) is 2. The van der Waals surface area contributed by atoms with Gasteiger partial charge < -0.3 is 5.32 Å². The molecule has 1 heterocycles. The predicted molar refractivity (Wildman–Crippen MR) is 103 cm³/mol. The van der Waals surface area contributed by atoms with Gasteiger partial charge in [0.1, 0.15) is 0 Å². The van der Waals surface area contributed by atoms with E-state index in [4.69, 9.17) is 5.14 Å². The molecule has 0 bridgehead atoms. The van der Waals surface area contributed by atoms with Gasteiger partial charge >= 0.3 is 0 Å². The lowest BCUT2D eigenvalue weighted by molar-refractivity contribution is 0.0955. The molecule has 0 saturated heterocycles. The van der Waals surface area contributed by atoms with E-state index in [-0.39, 0.29) is 10.8 Å². The van der Waals surface area contributed by atoms with Gasteiger partial charge in [0.05, 0.1) is 22.3 Å². The summed E-state index contributed by atoms with van der Waals surface area (Å²) < 4.78 is 22.5. The van der Waals surface area contributed by atoms with Crippen molar-refractivity contribution in [3.63, 3.8) is 0 Å². The number of hydrogen-bond donors (Lipinski definition) is 3. The number of hydrogen-bond acceptors (Lipinski definition) is 4. The number of nitrogens with two attached hydrogens (primary N) is 1. The quantitative estimate of drug-likeness (QED) is 0.602. The number of rotatable bonds is 6. The van der Waals surface area contributed by atoms with E-state index in [1.807, 2.05) is 31.2 Å². The molecule has 0 aliphatic heterocycles. The maximum atomic E-state index is 12.5. The highest BCUT2D eigenvalue weighted by Gasteiger charge is 2.15. The third-order valence-electron chi connectivity index (χ3n) is 4.18. The first-order valence-electron chi connectivity index (χ1n) is 8.35. The Morgan fingerprint density at radius 1 is 1.11 bits per heavy atom. The van der Waals surface area contributed by atoms with E-state index in [1.54, 1.807) is 12.1 Å².